The van der Waals surface area contributed by atoms with Crippen LogP contribution in [0.5, 0.6) is 0 Å². The molecule has 1 aromatic rings. The molecule has 7 nitrogen and oxygen atoms in total. The first-order valence-electron chi connectivity index (χ1n) is 3.97. The molecule has 1 saturated heterocycles. The van der Waals surface area contributed by atoms with Gasteiger partial charge in [0.1, 0.15) is 5.01 Å². The molecule has 3 N–H and O–H groups in total. The van der Waals surface area contributed by atoms with Crippen LogP contribution in [0.3, 0.4) is 0 Å². The number of carbonyl (C=O) groups is 2. The second-order valence-electron chi connectivity index (χ2n) is 2.68. The number of hydrogen-bond acceptors (Lipinski definition) is 8. The highest BCUT2D eigenvalue weighted by molar-refractivity contribution is 8.14. The normalized spacial score (nSPS) is 16.2. The van der Waals surface area contributed by atoms with Gasteiger partial charge in [0, 0.05) is 0 Å². The molecule has 0 spiro atoms. The van der Waals surface area contributed by atoms with Crippen molar-refractivity contribution in [3.8, 4) is 0 Å². The molecule has 15 heavy (non-hydrogen) atoms. The average Bonchev–Trinajstić information content (AvgIpc) is 2.80. The second-order valence-corrected chi connectivity index (χ2v) is 4.67. The van der Waals surface area contributed by atoms with Gasteiger partial charge in [0.15, 0.2) is 0 Å². The standard InChI is InChI=1S/C6H7N5O2S2/c7-8-5-10-9-3(15-5)1-11-4(12)2-14-6(11)13/h1-2,7H2,(H,8,10). The Morgan fingerprint density at radius 3 is 2.80 bits per heavy atom. The molecule has 2 rings (SSSR count). The summed E-state index contributed by atoms with van der Waals surface area (Å²) in [4.78, 5) is 23.7. The Labute approximate surface area is 93.0 Å². The number of anilines is 1. The highest BCUT2D eigenvalue weighted by Crippen LogP contribution is 2.23. The lowest BCUT2D eigenvalue weighted by molar-refractivity contribution is -0.125. The van der Waals surface area contributed by atoms with Crippen molar-refractivity contribution in [2.75, 3.05) is 11.2 Å². The number of nitrogen functional groups attached to an aromatic ring is 1. The van der Waals surface area contributed by atoms with Crippen LogP contribution in [0.15, 0.2) is 0 Å². The molecule has 1 fully saturated rings. The van der Waals surface area contributed by atoms with E-state index in [4.69, 9.17) is 5.84 Å². The van der Waals surface area contributed by atoms with Crippen molar-refractivity contribution >= 4 is 39.4 Å². The minimum Gasteiger partial charge on any atom is -0.298 e. The maximum atomic E-state index is 11.3. The maximum Gasteiger partial charge on any atom is 0.289 e. The fourth-order valence-electron chi connectivity index (χ4n) is 1.04. The minimum absolute atomic E-state index is 0.171. The van der Waals surface area contributed by atoms with Crippen molar-refractivity contribution in [2.45, 2.75) is 6.54 Å². The number of nitrogens with zero attached hydrogens (tertiary/aromatic N) is 3. The summed E-state index contributed by atoms with van der Waals surface area (Å²) in [6, 6.07) is 0. The number of carbonyl (C=O) groups excluding carboxylic acids is 2. The zero-order valence-electron chi connectivity index (χ0n) is 7.47. The number of hydrogen-bond donors (Lipinski definition) is 2. The lowest BCUT2D eigenvalue weighted by atomic mass is 10.5. The summed E-state index contributed by atoms with van der Waals surface area (Å²) in [5.41, 5.74) is 2.35. The fraction of sp³-hybridized carbons (Fsp3) is 0.333. The molecule has 0 atom stereocenters. The van der Waals surface area contributed by atoms with Crippen molar-refractivity contribution in [3.05, 3.63) is 5.01 Å². The van der Waals surface area contributed by atoms with E-state index < -0.39 is 0 Å². The molecular weight excluding hydrogens is 238 g/mol. The molecule has 9 heteroatoms. The molecule has 0 aliphatic carbocycles. The molecule has 80 valence electrons. The van der Waals surface area contributed by atoms with E-state index in [9.17, 15) is 9.59 Å². The summed E-state index contributed by atoms with van der Waals surface area (Å²) in [6.45, 7) is 0.171. The molecule has 2 heterocycles. The lowest BCUT2D eigenvalue weighted by Gasteiger charge is -2.08. The zero-order chi connectivity index (χ0) is 10.8. The van der Waals surface area contributed by atoms with Crippen LogP contribution in [0, 0.1) is 0 Å². The van der Waals surface area contributed by atoms with Crippen LogP contribution >= 0.6 is 23.1 Å². The van der Waals surface area contributed by atoms with Crippen molar-refractivity contribution in [3.63, 3.8) is 0 Å². The monoisotopic (exact) mass is 245 g/mol. The van der Waals surface area contributed by atoms with Gasteiger partial charge in [-0.3, -0.25) is 19.9 Å². The summed E-state index contributed by atoms with van der Waals surface area (Å²) < 4.78 is 0. The van der Waals surface area contributed by atoms with Gasteiger partial charge in [-0.25, -0.2) is 5.84 Å². The predicted molar refractivity (Wildman–Crippen MR) is 56.1 cm³/mol. The molecule has 2 amide bonds. The van der Waals surface area contributed by atoms with E-state index in [-0.39, 0.29) is 23.4 Å². The molecule has 0 bridgehead atoms. The third-order valence-electron chi connectivity index (χ3n) is 1.72. The fourth-order valence-corrected chi connectivity index (χ4v) is 2.41. The van der Waals surface area contributed by atoms with Gasteiger partial charge in [-0.2, -0.15) is 0 Å². The van der Waals surface area contributed by atoms with Crippen molar-refractivity contribution in [1.29, 1.82) is 0 Å². The molecule has 0 saturated carbocycles. The quantitative estimate of drug-likeness (QED) is 0.571. The Balaban J connectivity index is 2.07. The molecule has 1 aromatic heterocycles. The van der Waals surface area contributed by atoms with Crippen LogP contribution in [-0.2, 0) is 11.3 Å². The van der Waals surface area contributed by atoms with Gasteiger partial charge >= 0.3 is 0 Å². The third kappa shape index (κ3) is 2.08. The Morgan fingerprint density at radius 1 is 1.47 bits per heavy atom. The van der Waals surface area contributed by atoms with Crippen LogP contribution in [0.1, 0.15) is 5.01 Å². The summed E-state index contributed by atoms with van der Waals surface area (Å²) in [6.07, 6.45) is 0. The molecule has 0 unspecified atom stereocenters. The summed E-state index contributed by atoms with van der Waals surface area (Å²) in [5.74, 6) is 5.15. The number of nitrogens with one attached hydrogen (secondary N) is 1. The van der Waals surface area contributed by atoms with Crippen LogP contribution < -0.4 is 11.3 Å². The minimum atomic E-state index is -0.238. The number of aromatic nitrogens is 2. The maximum absolute atomic E-state index is 11.3. The van der Waals surface area contributed by atoms with E-state index in [0.29, 0.717) is 10.1 Å². The SMILES string of the molecule is NNc1nnc(CN2C(=O)CSC2=O)s1. The molecule has 0 radical (unpaired) electrons. The van der Waals surface area contributed by atoms with Gasteiger partial charge in [-0.1, -0.05) is 23.1 Å². The zero-order valence-corrected chi connectivity index (χ0v) is 9.10. The number of thioether (sulfide) groups is 1. The first kappa shape index (κ1) is 10.3. The molecule has 1 aliphatic heterocycles. The van der Waals surface area contributed by atoms with Gasteiger partial charge in [0.25, 0.3) is 5.24 Å². The molecule has 0 aromatic carbocycles. The summed E-state index contributed by atoms with van der Waals surface area (Å²) in [7, 11) is 0. The number of amides is 2. The Bertz CT molecular complexity index is 390. The van der Waals surface area contributed by atoms with Gasteiger partial charge in [0.2, 0.25) is 11.0 Å². The molecule has 1 aliphatic rings. The number of nitrogens with two attached hydrogens (primary N) is 1. The second kappa shape index (κ2) is 4.13. The highest BCUT2D eigenvalue weighted by Gasteiger charge is 2.30. The number of hydrazine groups is 1. The first-order chi connectivity index (χ1) is 7.20. The van der Waals surface area contributed by atoms with E-state index in [1.807, 2.05) is 0 Å². The van der Waals surface area contributed by atoms with Gasteiger partial charge < -0.3 is 0 Å². The van der Waals surface area contributed by atoms with Gasteiger partial charge in [-0.15, -0.1) is 10.2 Å². The highest BCUT2D eigenvalue weighted by atomic mass is 32.2. The summed E-state index contributed by atoms with van der Waals surface area (Å²) in [5, 5.41) is 8.29. The van der Waals surface area contributed by atoms with Crippen LogP contribution in [-0.4, -0.2) is 32.0 Å². The largest absolute Gasteiger partial charge is 0.298 e. The smallest absolute Gasteiger partial charge is 0.289 e. The third-order valence-corrected chi connectivity index (χ3v) is 3.42. The lowest BCUT2D eigenvalue weighted by Crippen LogP contribution is -2.27. The van der Waals surface area contributed by atoms with Gasteiger partial charge in [0.05, 0.1) is 12.3 Å². The predicted octanol–water partition coefficient (Wildman–Crippen LogP) is 0.0191. The van der Waals surface area contributed by atoms with E-state index in [2.05, 4.69) is 15.6 Å². The first-order valence-corrected chi connectivity index (χ1v) is 5.77. The van der Waals surface area contributed by atoms with E-state index in [0.717, 1.165) is 16.7 Å². The topological polar surface area (TPSA) is 101 Å². The Hall–Kier alpha value is -1.19. The number of imide groups is 1. The Kier molecular flexibility index (Phi) is 2.84. The average molecular weight is 245 g/mol. The van der Waals surface area contributed by atoms with Crippen molar-refractivity contribution < 1.29 is 9.59 Å². The van der Waals surface area contributed by atoms with Crippen molar-refractivity contribution in [2.24, 2.45) is 5.84 Å². The van der Waals surface area contributed by atoms with Gasteiger partial charge in [-0.05, 0) is 0 Å². The number of rotatable bonds is 3. The van der Waals surface area contributed by atoms with E-state index in [1.165, 1.54) is 11.3 Å². The van der Waals surface area contributed by atoms with E-state index in [1.54, 1.807) is 0 Å². The van der Waals surface area contributed by atoms with Crippen LogP contribution in [0.2, 0.25) is 0 Å². The Morgan fingerprint density at radius 2 is 2.27 bits per heavy atom. The van der Waals surface area contributed by atoms with E-state index >= 15 is 0 Å². The molecular formula is C6H7N5O2S2. The van der Waals surface area contributed by atoms with Crippen molar-refractivity contribution in [1.82, 2.24) is 15.1 Å². The summed E-state index contributed by atoms with van der Waals surface area (Å²) >= 11 is 2.21. The van der Waals surface area contributed by atoms with Crippen LogP contribution in [0.4, 0.5) is 9.93 Å². The van der Waals surface area contributed by atoms with Crippen LogP contribution in [0.25, 0.3) is 0 Å².